The lowest BCUT2D eigenvalue weighted by molar-refractivity contribution is 0.482. The maximum atomic E-state index is 5.61. The smallest absolute Gasteiger partial charge is 0.0897 e. The van der Waals surface area contributed by atoms with Crippen LogP contribution in [-0.2, 0) is 0 Å². The van der Waals surface area contributed by atoms with E-state index in [0.717, 1.165) is 11.4 Å². The van der Waals surface area contributed by atoms with Crippen LogP contribution in [-0.4, -0.2) is 4.98 Å². The van der Waals surface area contributed by atoms with Crippen LogP contribution in [0, 0.1) is 6.92 Å². The van der Waals surface area contributed by atoms with E-state index < -0.39 is 0 Å². The van der Waals surface area contributed by atoms with Gasteiger partial charge in [-0.25, -0.2) is 4.98 Å². The SMILES string of the molecule is CCCCCCCCC(NN)c1cnc(C)s1. The van der Waals surface area contributed by atoms with Crippen molar-refractivity contribution >= 4 is 11.3 Å². The summed E-state index contributed by atoms with van der Waals surface area (Å²) in [6.45, 7) is 4.28. The summed E-state index contributed by atoms with van der Waals surface area (Å²) in [5.41, 5.74) is 2.90. The Hall–Kier alpha value is -0.450. The normalized spacial score (nSPS) is 12.9. The van der Waals surface area contributed by atoms with Gasteiger partial charge in [0.05, 0.1) is 11.0 Å². The van der Waals surface area contributed by atoms with E-state index in [1.807, 2.05) is 13.1 Å². The lowest BCUT2D eigenvalue weighted by atomic mass is 10.1. The highest BCUT2D eigenvalue weighted by Gasteiger charge is 2.11. The molecule has 3 nitrogen and oxygen atoms in total. The van der Waals surface area contributed by atoms with Gasteiger partial charge in [-0.15, -0.1) is 11.3 Å². The molecule has 98 valence electrons. The third kappa shape index (κ3) is 5.61. The molecule has 1 rings (SSSR count). The molecule has 0 saturated heterocycles. The summed E-state index contributed by atoms with van der Waals surface area (Å²) in [4.78, 5) is 5.54. The third-order valence-corrected chi connectivity index (χ3v) is 4.06. The lowest BCUT2D eigenvalue weighted by Crippen LogP contribution is -2.27. The number of hydrazine groups is 1. The van der Waals surface area contributed by atoms with Gasteiger partial charge in [-0.3, -0.25) is 11.3 Å². The van der Waals surface area contributed by atoms with Crippen LogP contribution in [0.4, 0.5) is 0 Å². The van der Waals surface area contributed by atoms with Crippen LogP contribution in [0.3, 0.4) is 0 Å². The minimum atomic E-state index is 0.285. The summed E-state index contributed by atoms with van der Waals surface area (Å²) >= 11 is 1.74. The van der Waals surface area contributed by atoms with E-state index in [1.54, 1.807) is 11.3 Å². The standard InChI is InChI=1S/C13H25N3S/c1-3-4-5-6-7-8-9-12(16-14)13-10-15-11(2)17-13/h10,12,16H,3-9,14H2,1-2H3. The zero-order chi connectivity index (χ0) is 12.5. The Balaban J connectivity index is 2.19. The van der Waals surface area contributed by atoms with Crippen molar-refractivity contribution in [3.05, 3.63) is 16.1 Å². The minimum Gasteiger partial charge on any atom is -0.271 e. The largest absolute Gasteiger partial charge is 0.271 e. The second-order valence-corrected chi connectivity index (χ2v) is 5.82. The molecular formula is C13H25N3S. The van der Waals surface area contributed by atoms with Crippen LogP contribution < -0.4 is 11.3 Å². The Morgan fingerprint density at radius 2 is 2.00 bits per heavy atom. The highest BCUT2D eigenvalue weighted by Crippen LogP contribution is 2.24. The fourth-order valence-corrected chi connectivity index (χ4v) is 2.86. The van der Waals surface area contributed by atoms with Gasteiger partial charge in [0, 0.05) is 11.1 Å². The lowest BCUT2D eigenvalue weighted by Gasteiger charge is -2.13. The molecule has 0 saturated carbocycles. The van der Waals surface area contributed by atoms with E-state index in [0.29, 0.717) is 0 Å². The second-order valence-electron chi connectivity index (χ2n) is 4.56. The molecule has 1 heterocycles. The number of aryl methyl sites for hydroxylation is 1. The Kier molecular flexibility index (Phi) is 7.40. The maximum absolute atomic E-state index is 5.61. The van der Waals surface area contributed by atoms with Gasteiger partial charge in [0.25, 0.3) is 0 Å². The van der Waals surface area contributed by atoms with E-state index in [1.165, 1.54) is 43.4 Å². The van der Waals surface area contributed by atoms with E-state index in [2.05, 4.69) is 17.3 Å². The molecular weight excluding hydrogens is 230 g/mol. The van der Waals surface area contributed by atoms with E-state index >= 15 is 0 Å². The fourth-order valence-electron chi connectivity index (χ4n) is 1.98. The van der Waals surface area contributed by atoms with E-state index in [-0.39, 0.29) is 6.04 Å². The Labute approximate surface area is 109 Å². The van der Waals surface area contributed by atoms with Crippen LogP contribution in [0.2, 0.25) is 0 Å². The minimum absolute atomic E-state index is 0.285. The van der Waals surface area contributed by atoms with Gasteiger partial charge in [-0.05, 0) is 13.3 Å². The quantitative estimate of drug-likeness (QED) is 0.402. The molecule has 1 aromatic heterocycles. The van der Waals surface area contributed by atoms with Gasteiger partial charge in [-0.1, -0.05) is 45.4 Å². The molecule has 4 heteroatoms. The van der Waals surface area contributed by atoms with Crippen LogP contribution in [0.1, 0.15) is 67.8 Å². The van der Waals surface area contributed by atoms with Gasteiger partial charge < -0.3 is 0 Å². The molecule has 3 N–H and O–H groups in total. The molecule has 0 aliphatic rings. The number of aromatic nitrogens is 1. The first kappa shape index (κ1) is 14.6. The Morgan fingerprint density at radius 3 is 2.59 bits per heavy atom. The number of unbranched alkanes of at least 4 members (excludes halogenated alkanes) is 5. The predicted octanol–water partition coefficient (Wildman–Crippen LogP) is 3.71. The Morgan fingerprint density at radius 1 is 1.29 bits per heavy atom. The summed E-state index contributed by atoms with van der Waals surface area (Å²) in [6.07, 6.45) is 11.0. The Bertz CT molecular complexity index is 299. The van der Waals surface area contributed by atoms with Crippen molar-refractivity contribution in [1.82, 2.24) is 10.4 Å². The van der Waals surface area contributed by atoms with Crippen molar-refractivity contribution in [1.29, 1.82) is 0 Å². The molecule has 0 aliphatic carbocycles. The summed E-state index contributed by atoms with van der Waals surface area (Å²) in [6, 6.07) is 0.285. The number of nitrogens with one attached hydrogen (secondary N) is 1. The molecule has 17 heavy (non-hydrogen) atoms. The van der Waals surface area contributed by atoms with Crippen molar-refractivity contribution in [2.24, 2.45) is 5.84 Å². The molecule has 0 amide bonds. The highest BCUT2D eigenvalue weighted by molar-refractivity contribution is 7.11. The van der Waals surface area contributed by atoms with Crippen molar-refractivity contribution in [3.63, 3.8) is 0 Å². The number of hydrogen-bond acceptors (Lipinski definition) is 4. The molecule has 1 aromatic rings. The first-order valence-corrected chi connectivity index (χ1v) is 7.48. The zero-order valence-electron chi connectivity index (χ0n) is 11.0. The first-order chi connectivity index (χ1) is 8.27. The number of thiazole rings is 1. The first-order valence-electron chi connectivity index (χ1n) is 6.66. The topological polar surface area (TPSA) is 50.9 Å². The molecule has 0 radical (unpaired) electrons. The number of hydrogen-bond donors (Lipinski definition) is 2. The van der Waals surface area contributed by atoms with Crippen molar-refractivity contribution in [3.8, 4) is 0 Å². The molecule has 0 bridgehead atoms. The van der Waals surface area contributed by atoms with Crippen molar-refractivity contribution < 1.29 is 0 Å². The summed E-state index contributed by atoms with van der Waals surface area (Å²) < 4.78 is 0. The monoisotopic (exact) mass is 255 g/mol. The van der Waals surface area contributed by atoms with Crippen molar-refractivity contribution in [2.75, 3.05) is 0 Å². The number of nitrogens with zero attached hydrogens (tertiary/aromatic N) is 1. The average molecular weight is 255 g/mol. The molecule has 1 unspecified atom stereocenters. The maximum Gasteiger partial charge on any atom is 0.0897 e. The van der Waals surface area contributed by atoms with Gasteiger partial charge >= 0.3 is 0 Å². The molecule has 0 aromatic carbocycles. The molecule has 0 spiro atoms. The average Bonchev–Trinajstić information content (AvgIpc) is 2.75. The second kappa shape index (κ2) is 8.61. The fraction of sp³-hybridized carbons (Fsp3) is 0.769. The summed E-state index contributed by atoms with van der Waals surface area (Å²) in [5.74, 6) is 5.61. The van der Waals surface area contributed by atoms with Crippen LogP contribution in [0.25, 0.3) is 0 Å². The van der Waals surface area contributed by atoms with Gasteiger partial charge in [0.15, 0.2) is 0 Å². The number of nitrogens with two attached hydrogens (primary N) is 1. The molecule has 0 fully saturated rings. The van der Waals surface area contributed by atoms with Crippen LogP contribution >= 0.6 is 11.3 Å². The predicted molar refractivity (Wildman–Crippen MR) is 74.9 cm³/mol. The van der Waals surface area contributed by atoms with Crippen LogP contribution in [0.15, 0.2) is 6.20 Å². The van der Waals surface area contributed by atoms with E-state index in [9.17, 15) is 0 Å². The van der Waals surface area contributed by atoms with Gasteiger partial charge in [0.1, 0.15) is 0 Å². The summed E-state index contributed by atoms with van der Waals surface area (Å²) in [7, 11) is 0. The van der Waals surface area contributed by atoms with Crippen LogP contribution in [0.5, 0.6) is 0 Å². The highest BCUT2D eigenvalue weighted by atomic mass is 32.1. The van der Waals surface area contributed by atoms with E-state index in [4.69, 9.17) is 5.84 Å². The van der Waals surface area contributed by atoms with Gasteiger partial charge in [-0.2, -0.15) is 0 Å². The molecule has 1 atom stereocenters. The number of rotatable bonds is 9. The zero-order valence-corrected chi connectivity index (χ0v) is 11.9. The molecule has 0 aliphatic heterocycles. The van der Waals surface area contributed by atoms with Gasteiger partial charge in [0.2, 0.25) is 0 Å². The summed E-state index contributed by atoms with van der Waals surface area (Å²) in [5, 5.41) is 1.11. The third-order valence-electron chi connectivity index (χ3n) is 3.03. The van der Waals surface area contributed by atoms with Crippen molar-refractivity contribution in [2.45, 2.75) is 64.8 Å².